The number of rotatable bonds is 7. The predicted octanol–water partition coefficient (Wildman–Crippen LogP) is 2.38. The number of hydrogen-bond acceptors (Lipinski definition) is 3. The van der Waals surface area contributed by atoms with Gasteiger partial charge >= 0.3 is 0 Å². The molecule has 0 saturated carbocycles. The topological polar surface area (TPSA) is 30.5 Å². The second-order valence-electron chi connectivity index (χ2n) is 3.69. The molecular formula is C13H21NO2. The number of likely N-dealkylation sites (N-methyl/N-ethyl adjacent to an activating group) is 1. The van der Waals surface area contributed by atoms with E-state index in [0.29, 0.717) is 6.61 Å². The number of benzene rings is 1. The normalized spacial score (nSPS) is 12.4. The highest BCUT2D eigenvalue weighted by atomic mass is 16.5. The van der Waals surface area contributed by atoms with Crippen LogP contribution in [0.15, 0.2) is 24.3 Å². The maximum atomic E-state index is 5.56. The highest BCUT2D eigenvalue weighted by molar-refractivity contribution is 5.30. The molecule has 0 saturated heterocycles. The lowest BCUT2D eigenvalue weighted by Gasteiger charge is -2.17. The van der Waals surface area contributed by atoms with Crippen molar-refractivity contribution in [3.05, 3.63) is 29.8 Å². The minimum Gasteiger partial charge on any atom is -0.497 e. The molecule has 0 amide bonds. The van der Waals surface area contributed by atoms with E-state index in [-0.39, 0.29) is 6.04 Å². The van der Waals surface area contributed by atoms with Crippen molar-refractivity contribution in [1.29, 1.82) is 0 Å². The van der Waals surface area contributed by atoms with Crippen LogP contribution in [0.25, 0.3) is 0 Å². The molecule has 3 heteroatoms. The molecule has 0 aromatic heterocycles. The minimum absolute atomic E-state index is 0.224. The van der Waals surface area contributed by atoms with E-state index < -0.39 is 0 Å². The number of ether oxygens (including phenoxy) is 2. The molecule has 1 N–H and O–H groups in total. The van der Waals surface area contributed by atoms with Crippen molar-refractivity contribution in [2.75, 3.05) is 27.4 Å². The fourth-order valence-corrected chi connectivity index (χ4v) is 1.55. The first-order valence-corrected chi connectivity index (χ1v) is 5.70. The monoisotopic (exact) mass is 223 g/mol. The summed E-state index contributed by atoms with van der Waals surface area (Å²) in [7, 11) is 3.63. The second-order valence-corrected chi connectivity index (χ2v) is 3.69. The molecule has 0 spiro atoms. The summed E-state index contributed by atoms with van der Waals surface area (Å²) in [5.41, 5.74) is 1.19. The first kappa shape index (κ1) is 13.0. The summed E-state index contributed by atoms with van der Waals surface area (Å²) >= 11 is 0. The lowest BCUT2D eigenvalue weighted by molar-refractivity contribution is 0.114. The summed E-state index contributed by atoms with van der Waals surface area (Å²) in [6.07, 6.45) is 1.05. The zero-order valence-corrected chi connectivity index (χ0v) is 10.3. The summed E-state index contributed by atoms with van der Waals surface area (Å²) in [6, 6.07) is 8.29. The molecule has 0 aliphatic heterocycles. The fourth-order valence-electron chi connectivity index (χ4n) is 1.55. The Morgan fingerprint density at radius 3 is 2.81 bits per heavy atom. The van der Waals surface area contributed by atoms with Gasteiger partial charge in [-0.3, -0.25) is 0 Å². The van der Waals surface area contributed by atoms with E-state index in [0.717, 1.165) is 18.8 Å². The molecule has 0 heterocycles. The number of hydrogen-bond donors (Lipinski definition) is 1. The Morgan fingerprint density at radius 2 is 2.19 bits per heavy atom. The average Bonchev–Trinajstić information content (AvgIpc) is 2.35. The minimum atomic E-state index is 0.224. The third-order valence-corrected chi connectivity index (χ3v) is 2.48. The highest BCUT2D eigenvalue weighted by Crippen LogP contribution is 2.19. The fraction of sp³-hybridized carbons (Fsp3) is 0.538. The van der Waals surface area contributed by atoms with Gasteiger partial charge in [-0.05, 0) is 31.2 Å². The van der Waals surface area contributed by atoms with Gasteiger partial charge in [0.25, 0.3) is 0 Å². The van der Waals surface area contributed by atoms with Crippen LogP contribution in [0.2, 0.25) is 0 Å². The van der Waals surface area contributed by atoms with Crippen LogP contribution >= 0.6 is 0 Å². The van der Waals surface area contributed by atoms with Gasteiger partial charge in [0.1, 0.15) is 5.75 Å². The van der Waals surface area contributed by atoms with E-state index in [2.05, 4.69) is 18.3 Å². The van der Waals surface area contributed by atoms with Gasteiger partial charge in [-0.1, -0.05) is 19.1 Å². The van der Waals surface area contributed by atoms with E-state index >= 15 is 0 Å². The first-order valence-electron chi connectivity index (χ1n) is 5.70. The molecular weight excluding hydrogens is 202 g/mol. The zero-order valence-electron chi connectivity index (χ0n) is 10.3. The van der Waals surface area contributed by atoms with Crippen LogP contribution in [0.4, 0.5) is 0 Å². The van der Waals surface area contributed by atoms with Gasteiger partial charge in [0.15, 0.2) is 0 Å². The van der Waals surface area contributed by atoms with Crippen LogP contribution in [0.1, 0.15) is 24.9 Å². The Bertz CT molecular complexity index is 302. The Morgan fingerprint density at radius 1 is 1.38 bits per heavy atom. The lowest BCUT2D eigenvalue weighted by atomic mass is 10.1. The Labute approximate surface area is 97.8 Å². The first-order chi connectivity index (χ1) is 7.81. The quantitative estimate of drug-likeness (QED) is 0.720. The average molecular weight is 223 g/mol. The molecule has 0 aliphatic rings. The molecule has 90 valence electrons. The molecule has 1 aromatic rings. The van der Waals surface area contributed by atoms with Crippen LogP contribution in [-0.4, -0.2) is 27.4 Å². The Hall–Kier alpha value is -1.06. The summed E-state index contributed by atoms with van der Waals surface area (Å²) in [4.78, 5) is 0. The van der Waals surface area contributed by atoms with Crippen LogP contribution in [0, 0.1) is 0 Å². The van der Waals surface area contributed by atoms with Crippen molar-refractivity contribution in [1.82, 2.24) is 5.32 Å². The highest BCUT2D eigenvalue weighted by Gasteiger charge is 2.09. The molecule has 1 unspecified atom stereocenters. The van der Waals surface area contributed by atoms with E-state index in [9.17, 15) is 0 Å². The van der Waals surface area contributed by atoms with Gasteiger partial charge < -0.3 is 14.8 Å². The van der Waals surface area contributed by atoms with Crippen LogP contribution < -0.4 is 10.1 Å². The van der Waals surface area contributed by atoms with Crippen LogP contribution in [0.5, 0.6) is 5.75 Å². The third-order valence-electron chi connectivity index (χ3n) is 2.48. The van der Waals surface area contributed by atoms with Gasteiger partial charge in [-0.15, -0.1) is 0 Å². The van der Waals surface area contributed by atoms with E-state index in [4.69, 9.17) is 9.47 Å². The molecule has 0 aliphatic carbocycles. The third kappa shape index (κ3) is 3.83. The lowest BCUT2D eigenvalue weighted by Crippen LogP contribution is -2.22. The second kappa shape index (κ2) is 7.25. The molecule has 0 fully saturated rings. The molecule has 0 bridgehead atoms. The molecule has 1 rings (SSSR count). The molecule has 1 aromatic carbocycles. The van der Waals surface area contributed by atoms with Crippen molar-refractivity contribution in [3.8, 4) is 5.75 Å². The van der Waals surface area contributed by atoms with Crippen LogP contribution in [0.3, 0.4) is 0 Å². The summed E-state index contributed by atoms with van der Waals surface area (Å²) in [5.74, 6) is 0.883. The van der Waals surface area contributed by atoms with Crippen molar-refractivity contribution in [2.45, 2.75) is 19.4 Å². The maximum Gasteiger partial charge on any atom is 0.119 e. The molecule has 16 heavy (non-hydrogen) atoms. The molecule has 1 atom stereocenters. The number of methoxy groups -OCH3 is 1. The van der Waals surface area contributed by atoms with Crippen molar-refractivity contribution >= 4 is 0 Å². The van der Waals surface area contributed by atoms with Crippen LogP contribution in [-0.2, 0) is 4.74 Å². The Kier molecular flexibility index (Phi) is 5.90. The summed E-state index contributed by atoms with van der Waals surface area (Å²) in [6.45, 7) is 3.61. The van der Waals surface area contributed by atoms with Gasteiger partial charge in [0.05, 0.1) is 19.8 Å². The zero-order chi connectivity index (χ0) is 11.8. The van der Waals surface area contributed by atoms with E-state index in [1.54, 1.807) is 7.11 Å². The number of nitrogens with one attached hydrogen (secondary N) is 1. The van der Waals surface area contributed by atoms with Crippen molar-refractivity contribution in [2.24, 2.45) is 0 Å². The smallest absolute Gasteiger partial charge is 0.119 e. The van der Waals surface area contributed by atoms with Gasteiger partial charge in [0, 0.05) is 6.61 Å². The maximum absolute atomic E-state index is 5.56. The van der Waals surface area contributed by atoms with Gasteiger partial charge in [0.2, 0.25) is 0 Å². The SMILES string of the molecule is CCCOCC(NC)c1cccc(OC)c1. The summed E-state index contributed by atoms with van der Waals surface area (Å²) < 4.78 is 10.8. The van der Waals surface area contributed by atoms with E-state index in [1.165, 1.54) is 5.56 Å². The van der Waals surface area contributed by atoms with Gasteiger partial charge in [-0.2, -0.15) is 0 Å². The molecule has 3 nitrogen and oxygen atoms in total. The Balaban J connectivity index is 2.62. The van der Waals surface area contributed by atoms with Crippen molar-refractivity contribution in [3.63, 3.8) is 0 Å². The standard InChI is InChI=1S/C13H21NO2/c1-4-8-16-10-13(14-2)11-6-5-7-12(9-11)15-3/h5-7,9,13-14H,4,8,10H2,1-3H3. The van der Waals surface area contributed by atoms with E-state index in [1.807, 2.05) is 25.2 Å². The van der Waals surface area contributed by atoms with Gasteiger partial charge in [-0.25, -0.2) is 0 Å². The predicted molar refractivity (Wildman–Crippen MR) is 65.9 cm³/mol. The van der Waals surface area contributed by atoms with Crippen molar-refractivity contribution < 1.29 is 9.47 Å². The summed E-state index contributed by atoms with van der Waals surface area (Å²) in [5, 5.41) is 3.25. The largest absolute Gasteiger partial charge is 0.497 e. The molecule has 0 radical (unpaired) electrons.